The molecule has 0 fully saturated rings. The first kappa shape index (κ1) is 92.7. The lowest BCUT2D eigenvalue weighted by Gasteiger charge is -2.19. The van der Waals surface area contributed by atoms with E-state index in [-0.39, 0.29) is 43.3 Å². The van der Waals surface area contributed by atoms with E-state index in [1.54, 1.807) is 0 Å². The van der Waals surface area contributed by atoms with Gasteiger partial charge in [-0.05, 0) is 282 Å². The minimum atomic E-state index is -2.22. The zero-order chi connectivity index (χ0) is 96.0. The normalized spacial score (nSPS) is 12.6. The molecular formula is C128H130N4Si2. The largest absolute Gasteiger partial charge is 0.309 e. The lowest BCUT2D eigenvalue weighted by atomic mass is 9.85. The molecule has 0 radical (unpaired) electrons. The zero-order valence-electron chi connectivity index (χ0n) is 84.9. The molecule has 0 aliphatic rings. The standard InChI is InChI=1S/C128H130N4Si2/c1-121(2,3)87-43-63-113-105(75-87)106-76-88(122(4,5)6)44-64-114(106)129(113)95-51-31-83(32-52-95)39-59-99-100(60-40-84-33-53-96(54-34-84)130-115-65-45-89(123(7,8)9)77-107(115)108-78-90(124(10,11)12)46-66-116(108)130)104(72-74-134(28,29)30)102(62-42-86-37-57-98(58-38-86)132-119-69-49-93(127(19,20)21)81-111(119)112-82-94(128(22,23)24)50-70-120(112)132)101(103(99)71-73-133(25,26)27)61-41-85-35-55-97(56-36-85)131-117-67-47-91(125(13,14)15)79-109(117)110-80-92(126(16,17)18)48-68-118(110)131/h31-38,43-58,63-70,75-82H,1-30H3. The van der Waals surface area contributed by atoms with Crippen molar-refractivity contribution < 1.29 is 0 Å². The smallest absolute Gasteiger partial charge is 0.129 e. The van der Waals surface area contributed by atoms with Crippen molar-refractivity contribution in [2.24, 2.45) is 0 Å². The summed E-state index contributed by atoms with van der Waals surface area (Å²) in [6.45, 7) is 69.0. The minimum Gasteiger partial charge on any atom is -0.309 e. The molecule has 0 unspecified atom stereocenters. The fourth-order valence-electron chi connectivity index (χ4n) is 18.3. The Labute approximate surface area is 800 Å². The Balaban J connectivity index is 0.907. The number of hydrogen-bond acceptors (Lipinski definition) is 0. The number of benzene rings is 13. The highest BCUT2D eigenvalue weighted by atomic mass is 28.3. The number of nitrogens with zero attached hydrogens (tertiary/aromatic N) is 4. The van der Waals surface area contributed by atoms with Crippen LogP contribution in [0.3, 0.4) is 0 Å². The number of fused-ring (bicyclic) bond motifs is 12. The predicted octanol–water partition coefficient (Wildman–Crippen LogP) is 32.5. The maximum atomic E-state index is 3.92. The molecular weight excluding hydrogens is 1650 g/mol. The third-order valence-electron chi connectivity index (χ3n) is 26.4. The quantitative estimate of drug-likeness (QED) is 0.124. The van der Waals surface area contributed by atoms with Crippen molar-refractivity contribution in [1.29, 1.82) is 0 Å². The van der Waals surface area contributed by atoms with Crippen molar-refractivity contribution >= 4 is 103 Å². The van der Waals surface area contributed by atoms with Crippen LogP contribution in [0.4, 0.5) is 0 Å². The lowest BCUT2D eigenvalue weighted by Crippen LogP contribution is -2.17. The van der Waals surface area contributed by atoms with Gasteiger partial charge in [-0.2, -0.15) is 0 Å². The molecule has 0 saturated carbocycles. The zero-order valence-corrected chi connectivity index (χ0v) is 86.9. The van der Waals surface area contributed by atoms with Crippen LogP contribution in [0.2, 0.25) is 39.3 Å². The van der Waals surface area contributed by atoms with E-state index in [1.165, 1.54) is 87.6 Å². The van der Waals surface area contributed by atoms with Gasteiger partial charge in [-0.25, -0.2) is 0 Å². The molecule has 4 aromatic heterocycles. The highest BCUT2D eigenvalue weighted by Crippen LogP contribution is 2.45. The second-order valence-electron chi connectivity index (χ2n) is 47.6. The average molecular weight is 1780 g/mol. The maximum absolute atomic E-state index is 3.92. The Kier molecular flexibility index (Phi) is 23.2. The highest BCUT2D eigenvalue weighted by Gasteiger charge is 2.30. The van der Waals surface area contributed by atoms with Crippen LogP contribution in [0.15, 0.2) is 243 Å². The molecule has 670 valence electrons. The second kappa shape index (κ2) is 33.5. The molecule has 4 heterocycles. The molecule has 6 heteroatoms. The van der Waals surface area contributed by atoms with E-state index in [4.69, 9.17) is 0 Å². The van der Waals surface area contributed by atoms with Crippen LogP contribution in [0.25, 0.3) is 110 Å². The molecule has 134 heavy (non-hydrogen) atoms. The average Bonchev–Trinajstić information content (AvgIpc) is 1.63. The molecule has 0 aliphatic carbocycles. The Morgan fingerprint density at radius 3 is 0.425 bits per heavy atom. The SMILES string of the molecule is CC(C)(C)c1ccc2c(c1)c1cc(C(C)(C)C)ccc1n2-c1ccc(C#Cc2c(C#Cc3ccc(-n4c5ccc(C(C)(C)C)cc5c5cc(C(C)(C)C)ccc54)cc3)c(C#C[Si](C)(C)C)c(C#Cc3ccc(-n4c5ccc(C(C)(C)C)cc5c5cc(C(C)(C)C)ccc54)cc3)c(C#Cc3ccc(-n4c5ccc(C(C)(C)C)cc5c5cc(C(C)(C)C)ccc54)cc3)c2C#C[Si](C)(C)C)cc1. The van der Waals surface area contributed by atoms with Gasteiger partial charge in [0.2, 0.25) is 0 Å². The van der Waals surface area contributed by atoms with Gasteiger partial charge in [0.1, 0.15) is 16.1 Å². The third kappa shape index (κ3) is 18.5. The van der Waals surface area contributed by atoms with Crippen molar-refractivity contribution in [2.75, 3.05) is 0 Å². The molecule has 0 N–H and O–H groups in total. The monoisotopic (exact) mass is 1780 g/mol. The molecule has 13 aromatic carbocycles. The van der Waals surface area contributed by atoms with Gasteiger partial charge in [-0.15, -0.1) is 11.1 Å². The van der Waals surface area contributed by atoms with Gasteiger partial charge >= 0.3 is 0 Å². The van der Waals surface area contributed by atoms with E-state index in [2.05, 4.69) is 537 Å². The minimum absolute atomic E-state index is 0.0364. The summed E-state index contributed by atoms with van der Waals surface area (Å²) >= 11 is 0. The molecule has 4 nitrogen and oxygen atoms in total. The summed E-state index contributed by atoms with van der Waals surface area (Å²) in [5, 5.41) is 9.93. The Morgan fingerprint density at radius 1 is 0.164 bits per heavy atom. The molecule has 0 saturated heterocycles. The van der Waals surface area contributed by atoms with E-state index < -0.39 is 16.1 Å². The van der Waals surface area contributed by atoms with Crippen molar-refractivity contribution in [3.8, 4) is 93.0 Å². The van der Waals surface area contributed by atoms with E-state index >= 15 is 0 Å². The first-order valence-electron chi connectivity index (χ1n) is 47.9. The van der Waals surface area contributed by atoms with E-state index in [9.17, 15) is 0 Å². The van der Waals surface area contributed by atoms with Crippen molar-refractivity contribution in [3.05, 3.63) is 343 Å². The molecule has 0 bridgehead atoms. The number of aromatic nitrogens is 4. The van der Waals surface area contributed by atoms with Crippen LogP contribution in [0.5, 0.6) is 0 Å². The molecule has 17 rings (SSSR count). The summed E-state index contributed by atoms with van der Waals surface area (Å²) in [4.78, 5) is 0. The summed E-state index contributed by atoms with van der Waals surface area (Å²) in [5.74, 6) is 38.6. The van der Waals surface area contributed by atoms with Crippen LogP contribution >= 0.6 is 0 Å². The lowest BCUT2D eigenvalue weighted by molar-refractivity contribution is 0.590. The fraction of sp³-hybridized carbons (Fsp3) is 0.297. The Hall–Kier alpha value is -13.1. The molecule has 0 atom stereocenters. The van der Waals surface area contributed by atoms with E-state index in [1.807, 2.05) is 0 Å². The summed E-state index contributed by atoms with van der Waals surface area (Å²) < 4.78 is 9.67. The van der Waals surface area contributed by atoms with Crippen LogP contribution in [0, 0.1) is 70.3 Å². The second-order valence-corrected chi connectivity index (χ2v) is 57.1. The maximum Gasteiger partial charge on any atom is 0.129 e. The van der Waals surface area contributed by atoms with Crippen LogP contribution in [-0.2, 0) is 43.3 Å². The first-order chi connectivity index (χ1) is 62.7. The van der Waals surface area contributed by atoms with Crippen molar-refractivity contribution in [1.82, 2.24) is 18.3 Å². The first-order valence-corrected chi connectivity index (χ1v) is 54.9. The Morgan fingerprint density at radius 2 is 0.299 bits per heavy atom. The number of rotatable bonds is 4. The van der Waals surface area contributed by atoms with Crippen molar-refractivity contribution in [3.63, 3.8) is 0 Å². The van der Waals surface area contributed by atoms with Gasteiger partial charge in [0.25, 0.3) is 0 Å². The van der Waals surface area contributed by atoms with Crippen LogP contribution in [-0.4, -0.2) is 34.4 Å². The number of hydrogen-bond donors (Lipinski definition) is 0. The van der Waals surface area contributed by atoms with E-state index in [0.29, 0.717) is 33.4 Å². The van der Waals surface area contributed by atoms with Gasteiger partial charge in [0, 0.05) is 88.1 Å². The van der Waals surface area contributed by atoms with E-state index in [0.717, 1.165) is 89.1 Å². The van der Waals surface area contributed by atoms with Gasteiger partial charge < -0.3 is 18.3 Å². The van der Waals surface area contributed by atoms with Gasteiger partial charge in [0.05, 0.1) is 77.5 Å². The predicted molar refractivity (Wildman–Crippen MR) is 584 cm³/mol. The highest BCUT2D eigenvalue weighted by molar-refractivity contribution is 6.84. The molecule has 17 aromatic rings. The summed E-state index contributed by atoms with van der Waals surface area (Å²) in [6.07, 6.45) is 0. The molecule has 0 spiro atoms. The summed E-state index contributed by atoms with van der Waals surface area (Å²) in [6, 6.07) is 91.3. The molecule has 0 amide bonds. The van der Waals surface area contributed by atoms with Gasteiger partial charge in [-0.3, -0.25) is 0 Å². The topological polar surface area (TPSA) is 19.7 Å². The molecule has 0 aliphatic heterocycles. The van der Waals surface area contributed by atoms with Gasteiger partial charge in [0.15, 0.2) is 0 Å². The summed E-state index contributed by atoms with van der Waals surface area (Å²) in [7, 11) is -4.44. The van der Waals surface area contributed by atoms with Crippen LogP contribution in [0.1, 0.15) is 266 Å². The van der Waals surface area contributed by atoms with Crippen molar-refractivity contribution in [2.45, 2.75) is 249 Å². The van der Waals surface area contributed by atoms with Gasteiger partial charge in [-0.1, -0.05) is 313 Å². The third-order valence-corrected chi connectivity index (χ3v) is 28.2. The summed E-state index contributed by atoms with van der Waals surface area (Å²) in [5.41, 5.74) is 38.7. The fourth-order valence-corrected chi connectivity index (χ4v) is 19.3. The van der Waals surface area contributed by atoms with Crippen LogP contribution < -0.4 is 0 Å². The Bertz CT molecular complexity index is 6880.